The third kappa shape index (κ3) is 6.57. The van der Waals surface area contributed by atoms with Crippen molar-refractivity contribution >= 4 is 68.6 Å². The van der Waals surface area contributed by atoms with Gasteiger partial charge in [0.15, 0.2) is 4.80 Å². The molecule has 0 N–H and O–H groups in total. The van der Waals surface area contributed by atoms with Gasteiger partial charge in [-0.1, -0.05) is 73.7 Å². The molecule has 4 aromatic rings. The highest BCUT2D eigenvalue weighted by Crippen LogP contribution is 2.31. The number of rotatable bonds is 8. The average molecular weight is 804 g/mol. The molecule has 0 aliphatic carbocycles. The predicted molar refractivity (Wildman–Crippen MR) is 184 cm³/mol. The molecule has 0 bridgehead atoms. The number of benzene rings is 3. The second-order valence-corrected chi connectivity index (χ2v) is 13.6. The number of fused-ring (bicyclic) bond motifs is 1. The van der Waals surface area contributed by atoms with Gasteiger partial charge in [0.1, 0.15) is 12.4 Å². The SMILES string of the molecule is CCOC(=O)C1=C(C)N=c2s/c(=C\c3ccc(COc4ccc(I)cc4I)cc3)c(=O)n2[C@H]1c1ccc(C(C)C)cc1. The monoisotopic (exact) mass is 804 g/mol. The molecule has 0 unspecified atom stereocenters. The van der Waals surface area contributed by atoms with Crippen LogP contribution in [0.5, 0.6) is 5.75 Å². The van der Waals surface area contributed by atoms with E-state index in [1.165, 1.54) is 20.5 Å². The van der Waals surface area contributed by atoms with Crippen LogP contribution in [0.1, 0.15) is 61.9 Å². The number of thiazole rings is 1. The fraction of sp³-hybridized carbons (Fsp3) is 0.242. The van der Waals surface area contributed by atoms with E-state index in [1.54, 1.807) is 18.4 Å². The van der Waals surface area contributed by atoms with Gasteiger partial charge in [0.2, 0.25) is 0 Å². The van der Waals surface area contributed by atoms with Crippen molar-refractivity contribution in [3.05, 3.63) is 127 Å². The Labute approximate surface area is 276 Å². The van der Waals surface area contributed by atoms with E-state index in [-0.39, 0.29) is 12.2 Å². The first kappa shape index (κ1) is 30.7. The van der Waals surface area contributed by atoms with E-state index in [2.05, 4.69) is 82.2 Å². The largest absolute Gasteiger partial charge is 0.488 e. The molecule has 9 heteroatoms. The van der Waals surface area contributed by atoms with E-state index in [4.69, 9.17) is 9.47 Å². The van der Waals surface area contributed by atoms with E-state index in [0.717, 1.165) is 26.0 Å². The second-order valence-electron chi connectivity index (χ2n) is 10.2. The van der Waals surface area contributed by atoms with E-state index in [0.29, 0.717) is 33.1 Å². The van der Waals surface area contributed by atoms with Crippen molar-refractivity contribution in [2.75, 3.05) is 6.61 Å². The minimum Gasteiger partial charge on any atom is -0.488 e. The van der Waals surface area contributed by atoms with Gasteiger partial charge in [0, 0.05) is 3.57 Å². The van der Waals surface area contributed by atoms with Crippen molar-refractivity contribution in [1.82, 2.24) is 4.57 Å². The number of ether oxygens (including phenoxy) is 2. The fourth-order valence-corrected chi connectivity index (χ4v) is 7.59. The summed E-state index contributed by atoms with van der Waals surface area (Å²) in [5.41, 5.74) is 4.72. The van der Waals surface area contributed by atoms with E-state index in [1.807, 2.05) is 54.6 Å². The van der Waals surface area contributed by atoms with Gasteiger partial charge in [-0.2, -0.15) is 0 Å². The average Bonchev–Trinajstić information content (AvgIpc) is 3.26. The Morgan fingerprint density at radius 3 is 2.43 bits per heavy atom. The minimum atomic E-state index is -0.618. The molecule has 0 saturated carbocycles. The van der Waals surface area contributed by atoms with Gasteiger partial charge in [-0.05, 0) is 111 Å². The van der Waals surface area contributed by atoms with Gasteiger partial charge in [0.25, 0.3) is 5.56 Å². The first-order valence-corrected chi connectivity index (χ1v) is 16.6. The number of nitrogens with zero attached hydrogens (tertiary/aromatic N) is 2. The molecule has 1 aliphatic rings. The summed E-state index contributed by atoms with van der Waals surface area (Å²) in [5, 5.41) is 0. The summed E-state index contributed by atoms with van der Waals surface area (Å²) in [6.45, 7) is 8.54. The fourth-order valence-electron chi connectivity index (χ4n) is 4.78. The lowest BCUT2D eigenvalue weighted by Gasteiger charge is -2.25. The summed E-state index contributed by atoms with van der Waals surface area (Å²) in [6, 6.07) is 21.5. The minimum absolute atomic E-state index is 0.188. The summed E-state index contributed by atoms with van der Waals surface area (Å²) < 4.78 is 15.8. The molecule has 5 rings (SSSR count). The molecule has 2 heterocycles. The Bertz CT molecular complexity index is 1840. The van der Waals surface area contributed by atoms with E-state index < -0.39 is 12.0 Å². The Hall–Kier alpha value is -2.77. The van der Waals surface area contributed by atoms with Gasteiger partial charge in [-0.15, -0.1) is 0 Å². The number of hydrogen-bond donors (Lipinski definition) is 0. The molecule has 0 saturated heterocycles. The van der Waals surface area contributed by atoms with Crippen molar-refractivity contribution in [2.45, 2.75) is 46.3 Å². The lowest BCUT2D eigenvalue weighted by atomic mass is 9.93. The third-order valence-corrected chi connectivity index (χ3v) is 9.50. The number of allylic oxidation sites excluding steroid dienone is 1. The molecule has 0 spiro atoms. The normalized spacial score (nSPS) is 15.0. The molecule has 216 valence electrons. The maximum Gasteiger partial charge on any atom is 0.338 e. The topological polar surface area (TPSA) is 69.9 Å². The highest BCUT2D eigenvalue weighted by Gasteiger charge is 2.33. The Morgan fingerprint density at radius 2 is 1.79 bits per heavy atom. The van der Waals surface area contributed by atoms with Crippen molar-refractivity contribution in [1.29, 1.82) is 0 Å². The molecule has 1 aromatic heterocycles. The van der Waals surface area contributed by atoms with Crippen LogP contribution in [0.25, 0.3) is 6.08 Å². The Morgan fingerprint density at radius 1 is 1.07 bits per heavy atom. The van der Waals surface area contributed by atoms with Gasteiger partial charge in [0.05, 0.1) is 32.0 Å². The standard InChI is InChI=1S/C33H30I2N2O4S/c1-5-40-32(39)29-20(4)36-33-37(30(29)24-12-10-23(11-13-24)19(2)3)31(38)28(42-33)16-21-6-8-22(9-7-21)18-41-27-15-14-25(34)17-26(27)35/h6-17,19,30H,5,18H2,1-4H3/b28-16-/t30-/m0/s1. The molecule has 0 fully saturated rings. The lowest BCUT2D eigenvalue weighted by Crippen LogP contribution is -2.39. The molecule has 0 amide bonds. The van der Waals surface area contributed by atoms with Gasteiger partial charge in [-0.25, -0.2) is 9.79 Å². The van der Waals surface area contributed by atoms with Gasteiger partial charge < -0.3 is 9.47 Å². The molecule has 0 radical (unpaired) electrons. The van der Waals surface area contributed by atoms with Crippen molar-refractivity contribution in [3.63, 3.8) is 0 Å². The van der Waals surface area contributed by atoms with Crippen LogP contribution in [-0.4, -0.2) is 17.1 Å². The highest BCUT2D eigenvalue weighted by atomic mass is 127. The zero-order valence-corrected chi connectivity index (χ0v) is 28.8. The maximum absolute atomic E-state index is 13.9. The molecule has 6 nitrogen and oxygen atoms in total. The number of carbonyl (C=O) groups excluding carboxylic acids is 1. The van der Waals surface area contributed by atoms with Crippen LogP contribution in [0.15, 0.2) is 87.8 Å². The number of esters is 1. The van der Waals surface area contributed by atoms with Crippen LogP contribution in [0.4, 0.5) is 0 Å². The number of halogens is 2. The summed E-state index contributed by atoms with van der Waals surface area (Å²) in [5.74, 6) is 0.766. The van der Waals surface area contributed by atoms with Crippen LogP contribution >= 0.6 is 56.5 Å². The molecule has 1 atom stereocenters. The Kier molecular flexibility index (Phi) is 9.68. The predicted octanol–water partition coefficient (Wildman–Crippen LogP) is 6.71. The summed E-state index contributed by atoms with van der Waals surface area (Å²) >= 11 is 5.89. The van der Waals surface area contributed by atoms with Crippen molar-refractivity contribution in [3.8, 4) is 5.75 Å². The molecular weight excluding hydrogens is 774 g/mol. The zero-order valence-electron chi connectivity index (χ0n) is 23.7. The summed E-state index contributed by atoms with van der Waals surface area (Å²) in [6.07, 6.45) is 1.87. The van der Waals surface area contributed by atoms with Crippen molar-refractivity contribution in [2.24, 2.45) is 4.99 Å². The van der Waals surface area contributed by atoms with Crippen LogP contribution in [0.2, 0.25) is 0 Å². The Balaban J connectivity index is 1.49. The van der Waals surface area contributed by atoms with Gasteiger partial charge >= 0.3 is 5.97 Å². The molecule has 3 aromatic carbocycles. The maximum atomic E-state index is 13.9. The molecule has 1 aliphatic heterocycles. The van der Waals surface area contributed by atoms with Crippen LogP contribution in [0.3, 0.4) is 0 Å². The second kappa shape index (κ2) is 13.3. The number of carbonyl (C=O) groups is 1. The van der Waals surface area contributed by atoms with Crippen molar-refractivity contribution < 1.29 is 14.3 Å². The summed E-state index contributed by atoms with van der Waals surface area (Å²) in [4.78, 5) is 32.2. The zero-order chi connectivity index (χ0) is 30.0. The summed E-state index contributed by atoms with van der Waals surface area (Å²) in [7, 11) is 0. The van der Waals surface area contributed by atoms with E-state index >= 15 is 0 Å². The molecular formula is C33H30I2N2O4S. The smallest absolute Gasteiger partial charge is 0.338 e. The van der Waals surface area contributed by atoms with Crippen LogP contribution in [0, 0.1) is 7.14 Å². The van der Waals surface area contributed by atoms with Crippen LogP contribution in [-0.2, 0) is 16.1 Å². The lowest BCUT2D eigenvalue weighted by molar-refractivity contribution is -0.139. The van der Waals surface area contributed by atoms with Gasteiger partial charge in [-0.3, -0.25) is 9.36 Å². The third-order valence-electron chi connectivity index (χ3n) is 7.00. The highest BCUT2D eigenvalue weighted by molar-refractivity contribution is 14.1. The quantitative estimate of drug-likeness (QED) is 0.147. The van der Waals surface area contributed by atoms with E-state index in [9.17, 15) is 9.59 Å². The van der Waals surface area contributed by atoms with Crippen LogP contribution < -0.4 is 19.6 Å². The first-order chi connectivity index (χ1) is 20.2. The number of aromatic nitrogens is 1. The first-order valence-electron chi connectivity index (χ1n) is 13.6. The number of hydrogen-bond acceptors (Lipinski definition) is 6. The molecule has 42 heavy (non-hydrogen) atoms.